The maximum atomic E-state index is 6.13. The quantitative estimate of drug-likeness (QED) is 0.615. The normalized spacial score (nSPS) is 15.0. The highest BCUT2D eigenvalue weighted by molar-refractivity contribution is 6.30. The van der Waals surface area contributed by atoms with Gasteiger partial charge in [0.15, 0.2) is 0 Å². The molecule has 5 heteroatoms. The fourth-order valence-electron chi connectivity index (χ4n) is 1.71. The van der Waals surface area contributed by atoms with E-state index in [1.54, 1.807) is 0 Å². The summed E-state index contributed by atoms with van der Waals surface area (Å²) in [6.07, 6.45) is 2.65. The summed E-state index contributed by atoms with van der Waals surface area (Å²) < 4.78 is 5.59. The summed E-state index contributed by atoms with van der Waals surface area (Å²) in [6.45, 7) is 8.39. The second-order valence-electron chi connectivity index (χ2n) is 5.45. The Bertz CT molecular complexity index is 433. The van der Waals surface area contributed by atoms with E-state index in [2.05, 4.69) is 29.1 Å². The summed E-state index contributed by atoms with van der Waals surface area (Å²) in [5.74, 6) is 2.67. The van der Waals surface area contributed by atoms with E-state index in [0.717, 1.165) is 36.3 Å². The van der Waals surface area contributed by atoms with E-state index in [1.807, 2.05) is 6.92 Å². The van der Waals surface area contributed by atoms with Gasteiger partial charge in [-0.25, -0.2) is 9.97 Å². The van der Waals surface area contributed by atoms with E-state index in [9.17, 15) is 0 Å². The Balaban J connectivity index is 1.86. The highest BCUT2D eigenvalue weighted by atomic mass is 35.5. The van der Waals surface area contributed by atoms with Crippen LogP contribution < -0.4 is 5.32 Å². The maximum Gasteiger partial charge on any atom is 0.137 e. The van der Waals surface area contributed by atoms with Crippen molar-refractivity contribution in [1.82, 2.24) is 9.97 Å². The van der Waals surface area contributed by atoms with E-state index in [4.69, 9.17) is 16.3 Å². The predicted molar refractivity (Wildman–Crippen MR) is 77.9 cm³/mol. The van der Waals surface area contributed by atoms with Gasteiger partial charge >= 0.3 is 0 Å². The van der Waals surface area contributed by atoms with Gasteiger partial charge in [-0.3, -0.25) is 0 Å². The number of hydrogen-bond donors (Lipinski definition) is 1. The Morgan fingerprint density at radius 3 is 2.74 bits per heavy atom. The number of rotatable bonds is 7. The number of nitrogens with zero attached hydrogens (tertiary/aromatic N) is 2. The first kappa shape index (κ1) is 14.5. The zero-order valence-electron chi connectivity index (χ0n) is 11.9. The van der Waals surface area contributed by atoms with Crippen LogP contribution in [0.4, 0.5) is 5.82 Å². The second kappa shape index (κ2) is 6.53. The molecule has 1 heterocycles. The summed E-state index contributed by atoms with van der Waals surface area (Å²) in [7, 11) is 0. The molecule has 1 fully saturated rings. The van der Waals surface area contributed by atoms with Gasteiger partial charge in [0.25, 0.3) is 0 Å². The Morgan fingerprint density at radius 2 is 2.11 bits per heavy atom. The van der Waals surface area contributed by atoms with Crippen molar-refractivity contribution in [2.45, 2.75) is 39.5 Å². The van der Waals surface area contributed by atoms with E-state index in [-0.39, 0.29) is 5.92 Å². The Kier molecular flexibility index (Phi) is 4.99. The van der Waals surface area contributed by atoms with Crippen LogP contribution in [0.1, 0.15) is 44.0 Å². The van der Waals surface area contributed by atoms with Gasteiger partial charge in [0.05, 0.1) is 6.61 Å². The lowest BCUT2D eigenvalue weighted by Crippen LogP contribution is -2.14. The lowest BCUT2D eigenvalue weighted by Gasteiger charge is -2.13. The van der Waals surface area contributed by atoms with Crippen molar-refractivity contribution < 1.29 is 4.74 Å². The van der Waals surface area contributed by atoms with Crippen LogP contribution in [0.5, 0.6) is 0 Å². The average Bonchev–Trinajstić information content (AvgIpc) is 3.17. The van der Waals surface area contributed by atoms with Gasteiger partial charge < -0.3 is 10.1 Å². The summed E-state index contributed by atoms with van der Waals surface area (Å²) in [5.41, 5.74) is 0.897. The zero-order valence-corrected chi connectivity index (χ0v) is 12.6. The first-order valence-corrected chi connectivity index (χ1v) is 7.31. The molecule has 0 spiro atoms. The average molecular weight is 284 g/mol. The smallest absolute Gasteiger partial charge is 0.137 e. The predicted octanol–water partition coefficient (Wildman–Crippen LogP) is 3.40. The van der Waals surface area contributed by atoms with Crippen molar-refractivity contribution in [2.75, 3.05) is 25.1 Å². The van der Waals surface area contributed by atoms with Crippen molar-refractivity contribution in [1.29, 1.82) is 0 Å². The van der Waals surface area contributed by atoms with E-state index in [0.29, 0.717) is 11.8 Å². The SMILES string of the molecule is Cc1c(Cl)nc(C(C)C)nc1NCCOCC1CC1. The fraction of sp³-hybridized carbons (Fsp3) is 0.714. The second-order valence-corrected chi connectivity index (χ2v) is 5.80. The summed E-state index contributed by atoms with van der Waals surface area (Å²) in [4.78, 5) is 8.81. The molecule has 1 N–H and O–H groups in total. The number of ether oxygens (including phenoxy) is 1. The molecule has 4 nitrogen and oxygen atoms in total. The van der Waals surface area contributed by atoms with Gasteiger partial charge in [-0.15, -0.1) is 0 Å². The third kappa shape index (κ3) is 4.32. The van der Waals surface area contributed by atoms with E-state index >= 15 is 0 Å². The van der Waals surface area contributed by atoms with Crippen molar-refractivity contribution in [3.05, 3.63) is 16.5 Å². The van der Waals surface area contributed by atoms with Crippen LogP contribution in [0, 0.1) is 12.8 Å². The molecule has 0 aromatic carbocycles. The van der Waals surface area contributed by atoms with Crippen LogP contribution >= 0.6 is 11.6 Å². The minimum atomic E-state index is 0.268. The van der Waals surface area contributed by atoms with Crippen LogP contribution in [0.2, 0.25) is 5.15 Å². The number of halogens is 1. The molecule has 0 amide bonds. The monoisotopic (exact) mass is 283 g/mol. The lowest BCUT2D eigenvalue weighted by atomic mass is 10.2. The molecule has 0 unspecified atom stereocenters. The van der Waals surface area contributed by atoms with Gasteiger partial charge in [0.1, 0.15) is 16.8 Å². The van der Waals surface area contributed by atoms with E-state index < -0.39 is 0 Å². The van der Waals surface area contributed by atoms with Crippen LogP contribution in [-0.2, 0) is 4.74 Å². The molecule has 1 aromatic rings. The molecule has 0 aliphatic heterocycles. The fourth-order valence-corrected chi connectivity index (χ4v) is 1.89. The summed E-state index contributed by atoms with van der Waals surface area (Å²) >= 11 is 6.13. The third-order valence-corrected chi connectivity index (χ3v) is 3.58. The highest BCUT2D eigenvalue weighted by Gasteiger charge is 2.20. The van der Waals surface area contributed by atoms with Crippen LogP contribution in [0.3, 0.4) is 0 Å². The van der Waals surface area contributed by atoms with Gasteiger partial charge in [0, 0.05) is 24.6 Å². The minimum absolute atomic E-state index is 0.268. The Labute approximate surface area is 119 Å². The Morgan fingerprint density at radius 1 is 1.37 bits per heavy atom. The standard InChI is InChI=1S/C14H22ClN3O/c1-9(2)13-17-12(15)10(3)14(18-13)16-6-7-19-8-11-4-5-11/h9,11H,4-8H2,1-3H3,(H,16,17,18). The van der Waals surface area contributed by atoms with Crippen molar-refractivity contribution >= 4 is 17.4 Å². The van der Waals surface area contributed by atoms with Crippen molar-refractivity contribution in [3.8, 4) is 0 Å². The summed E-state index contributed by atoms with van der Waals surface area (Å²) in [5, 5.41) is 3.81. The van der Waals surface area contributed by atoms with Crippen LogP contribution in [-0.4, -0.2) is 29.7 Å². The molecule has 1 aliphatic rings. The molecular formula is C14H22ClN3O. The molecule has 1 saturated carbocycles. The first-order chi connectivity index (χ1) is 9.08. The number of nitrogens with one attached hydrogen (secondary N) is 1. The Hall–Kier alpha value is -0.870. The molecule has 1 aromatic heterocycles. The maximum absolute atomic E-state index is 6.13. The molecule has 2 rings (SSSR count). The van der Waals surface area contributed by atoms with Crippen LogP contribution in [0.15, 0.2) is 0 Å². The molecule has 1 aliphatic carbocycles. The molecule has 19 heavy (non-hydrogen) atoms. The number of anilines is 1. The largest absolute Gasteiger partial charge is 0.379 e. The zero-order chi connectivity index (χ0) is 13.8. The molecule has 0 radical (unpaired) electrons. The molecule has 106 valence electrons. The lowest BCUT2D eigenvalue weighted by molar-refractivity contribution is 0.134. The molecule has 0 atom stereocenters. The first-order valence-electron chi connectivity index (χ1n) is 6.93. The highest BCUT2D eigenvalue weighted by Crippen LogP contribution is 2.28. The van der Waals surface area contributed by atoms with Gasteiger partial charge in [-0.1, -0.05) is 25.4 Å². The van der Waals surface area contributed by atoms with Gasteiger partial charge in [-0.2, -0.15) is 0 Å². The van der Waals surface area contributed by atoms with Gasteiger partial charge in [0.2, 0.25) is 0 Å². The summed E-state index contributed by atoms with van der Waals surface area (Å²) in [6, 6.07) is 0. The van der Waals surface area contributed by atoms with Crippen molar-refractivity contribution in [2.24, 2.45) is 5.92 Å². The number of hydrogen-bond acceptors (Lipinski definition) is 4. The molecule has 0 bridgehead atoms. The third-order valence-electron chi connectivity index (χ3n) is 3.21. The van der Waals surface area contributed by atoms with Gasteiger partial charge in [-0.05, 0) is 25.7 Å². The minimum Gasteiger partial charge on any atom is -0.379 e. The van der Waals surface area contributed by atoms with Crippen molar-refractivity contribution in [3.63, 3.8) is 0 Å². The van der Waals surface area contributed by atoms with E-state index in [1.165, 1.54) is 12.8 Å². The number of aromatic nitrogens is 2. The topological polar surface area (TPSA) is 47.0 Å². The molecular weight excluding hydrogens is 262 g/mol. The van der Waals surface area contributed by atoms with Crippen LogP contribution in [0.25, 0.3) is 0 Å². The molecule has 0 saturated heterocycles.